The summed E-state index contributed by atoms with van der Waals surface area (Å²) < 4.78 is 0. The molecule has 7 heteroatoms. The molecular weight excluding hydrogens is 254 g/mol. The van der Waals surface area contributed by atoms with Crippen molar-refractivity contribution in [3.05, 3.63) is 27.1 Å². The zero-order valence-corrected chi connectivity index (χ0v) is 11.1. The fraction of sp³-hybridized carbons (Fsp3) is 0.545. The Morgan fingerprint density at radius 1 is 1.61 bits per heavy atom. The molecule has 0 unspecified atom stereocenters. The standard InChI is InChI=1S/C11H15N3O3S/c1-11(2)7-12-3-4-13(11)10(15)8-5-9(14(16)17)18-6-8/h5-6,12H,3-4,7H2,1-2H3. The van der Waals surface area contributed by atoms with E-state index in [1.54, 1.807) is 10.3 Å². The summed E-state index contributed by atoms with van der Waals surface area (Å²) in [5.74, 6) is -0.133. The van der Waals surface area contributed by atoms with Gasteiger partial charge in [-0.05, 0) is 13.8 Å². The molecule has 0 radical (unpaired) electrons. The lowest BCUT2D eigenvalue weighted by Gasteiger charge is -2.42. The molecule has 1 aromatic heterocycles. The average Bonchev–Trinajstić information content (AvgIpc) is 2.77. The number of thiophene rings is 1. The van der Waals surface area contributed by atoms with Crippen LogP contribution in [0.1, 0.15) is 24.2 Å². The summed E-state index contributed by atoms with van der Waals surface area (Å²) >= 11 is 0.988. The van der Waals surface area contributed by atoms with Crippen LogP contribution < -0.4 is 5.32 Å². The summed E-state index contributed by atoms with van der Waals surface area (Å²) in [5, 5.41) is 15.4. The van der Waals surface area contributed by atoms with Gasteiger partial charge in [-0.3, -0.25) is 14.9 Å². The second kappa shape index (κ2) is 4.66. The lowest BCUT2D eigenvalue weighted by molar-refractivity contribution is -0.380. The van der Waals surface area contributed by atoms with Crippen LogP contribution in [0.3, 0.4) is 0 Å². The van der Waals surface area contributed by atoms with E-state index >= 15 is 0 Å². The molecular formula is C11H15N3O3S. The summed E-state index contributed by atoms with van der Waals surface area (Å²) in [6.45, 7) is 6.07. The first-order valence-electron chi connectivity index (χ1n) is 5.67. The third kappa shape index (κ3) is 2.37. The molecule has 2 rings (SSSR count). The Bertz CT molecular complexity index is 484. The quantitative estimate of drug-likeness (QED) is 0.652. The number of hydrogen-bond acceptors (Lipinski definition) is 5. The number of amides is 1. The third-order valence-corrected chi connectivity index (χ3v) is 3.94. The SMILES string of the molecule is CC1(C)CNCCN1C(=O)c1csc([N+](=O)[O-])c1. The van der Waals surface area contributed by atoms with Gasteiger partial charge >= 0.3 is 5.00 Å². The van der Waals surface area contributed by atoms with Gasteiger partial charge in [0.05, 0.1) is 16.0 Å². The Hall–Kier alpha value is -1.47. The minimum Gasteiger partial charge on any atom is -0.331 e. The van der Waals surface area contributed by atoms with Gasteiger partial charge in [0.25, 0.3) is 5.91 Å². The van der Waals surface area contributed by atoms with Crippen LogP contribution in [0.2, 0.25) is 0 Å². The normalized spacial score (nSPS) is 18.7. The van der Waals surface area contributed by atoms with Crippen molar-refractivity contribution in [1.29, 1.82) is 0 Å². The molecule has 0 saturated carbocycles. The zero-order chi connectivity index (χ0) is 13.3. The second-order valence-electron chi connectivity index (χ2n) is 4.88. The van der Waals surface area contributed by atoms with Crippen molar-refractivity contribution < 1.29 is 9.72 Å². The number of nitrogens with zero attached hydrogens (tertiary/aromatic N) is 2. The molecule has 98 valence electrons. The first-order chi connectivity index (χ1) is 8.42. The first kappa shape index (κ1) is 13.0. The van der Waals surface area contributed by atoms with E-state index < -0.39 is 4.92 Å². The van der Waals surface area contributed by atoms with Crippen molar-refractivity contribution in [2.75, 3.05) is 19.6 Å². The monoisotopic (exact) mass is 269 g/mol. The molecule has 0 bridgehead atoms. The minimum atomic E-state index is -0.468. The maximum Gasteiger partial charge on any atom is 0.324 e. The summed E-state index contributed by atoms with van der Waals surface area (Å²) in [6, 6.07) is 1.35. The molecule has 18 heavy (non-hydrogen) atoms. The molecule has 1 N–H and O–H groups in total. The van der Waals surface area contributed by atoms with E-state index in [-0.39, 0.29) is 16.4 Å². The maximum atomic E-state index is 12.3. The predicted octanol–water partition coefficient (Wildman–Crippen LogP) is 1.48. The lowest BCUT2D eigenvalue weighted by Crippen LogP contribution is -2.59. The smallest absolute Gasteiger partial charge is 0.324 e. The molecule has 0 atom stereocenters. The van der Waals surface area contributed by atoms with Crippen molar-refractivity contribution in [3.63, 3.8) is 0 Å². The van der Waals surface area contributed by atoms with Crippen molar-refractivity contribution in [1.82, 2.24) is 10.2 Å². The van der Waals surface area contributed by atoms with Crippen LogP contribution in [0.4, 0.5) is 5.00 Å². The van der Waals surface area contributed by atoms with Crippen molar-refractivity contribution in [2.45, 2.75) is 19.4 Å². The molecule has 1 aliphatic rings. The van der Waals surface area contributed by atoms with Gasteiger partial charge in [-0.1, -0.05) is 11.3 Å². The highest BCUT2D eigenvalue weighted by Gasteiger charge is 2.34. The molecule has 6 nitrogen and oxygen atoms in total. The van der Waals surface area contributed by atoms with Crippen molar-refractivity contribution in [2.24, 2.45) is 0 Å². The first-order valence-corrected chi connectivity index (χ1v) is 6.55. The molecule has 1 amide bonds. The lowest BCUT2D eigenvalue weighted by atomic mass is 9.99. The molecule has 0 aliphatic carbocycles. The number of rotatable bonds is 2. The zero-order valence-electron chi connectivity index (χ0n) is 10.3. The Labute approximate surface area is 109 Å². The van der Waals surface area contributed by atoms with Crippen LogP contribution in [0.5, 0.6) is 0 Å². The number of nitrogens with one attached hydrogen (secondary N) is 1. The number of piperazine rings is 1. The molecule has 1 fully saturated rings. The van der Waals surface area contributed by atoms with Crippen LogP contribution in [-0.4, -0.2) is 40.9 Å². The molecule has 0 aromatic carbocycles. The van der Waals surface area contributed by atoms with Crippen LogP contribution in [0.25, 0.3) is 0 Å². The van der Waals surface area contributed by atoms with E-state index in [1.807, 2.05) is 13.8 Å². The van der Waals surface area contributed by atoms with Gasteiger partial charge < -0.3 is 10.2 Å². The van der Waals surface area contributed by atoms with Crippen LogP contribution in [0, 0.1) is 10.1 Å². The Morgan fingerprint density at radius 2 is 2.33 bits per heavy atom. The summed E-state index contributed by atoms with van der Waals surface area (Å²) in [6.07, 6.45) is 0. The van der Waals surface area contributed by atoms with Gasteiger partial charge in [0, 0.05) is 31.1 Å². The van der Waals surface area contributed by atoms with E-state index in [2.05, 4.69) is 5.32 Å². The summed E-state index contributed by atoms with van der Waals surface area (Å²) in [5.41, 5.74) is 0.133. The van der Waals surface area contributed by atoms with E-state index in [4.69, 9.17) is 0 Å². The summed E-state index contributed by atoms with van der Waals surface area (Å²) in [7, 11) is 0. The number of nitro groups is 1. The molecule has 1 aliphatic heterocycles. The van der Waals surface area contributed by atoms with E-state index in [9.17, 15) is 14.9 Å². The molecule has 2 heterocycles. The van der Waals surface area contributed by atoms with Crippen LogP contribution >= 0.6 is 11.3 Å². The Kier molecular flexibility index (Phi) is 3.36. The van der Waals surface area contributed by atoms with E-state index in [0.29, 0.717) is 12.1 Å². The van der Waals surface area contributed by atoms with Crippen molar-refractivity contribution >= 4 is 22.2 Å². The highest BCUT2D eigenvalue weighted by atomic mass is 32.1. The number of carbonyl (C=O) groups excluding carboxylic acids is 1. The number of hydrogen-bond donors (Lipinski definition) is 1. The van der Waals surface area contributed by atoms with Gasteiger partial charge in [-0.2, -0.15) is 0 Å². The van der Waals surface area contributed by atoms with Crippen LogP contribution in [0.15, 0.2) is 11.4 Å². The van der Waals surface area contributed by atoms with Gasteiger partial charge in [-0.25, -0.2) is 0 Å². The van der Waals surface area contributed by atoms with E-state index in [0.717, 1.165) is 24.4 Å². The number of carbonyl (C=O) groups is 1. The topological polar surface area (TPSA) is 75.5 Å². The highest BCUT2D eigenvalue weighted by molar-refractivity contribution is 7.13. The van der Waals surface area contributed by atoms with Crippen LogP contribution in [-0.2, 0) is 0 Å². The predicted molar refractivity (Wildman–Crippen MR) is 69.0 cm³/mol. The maximum absolute atomic E-state index is 12.3. The average molecular weight is 269 g/mol. The van der Waals surface area contributed by atoms with Gasteiger partial charge in [0.1, 0.15) is 0 Å². The minimum absolute atomic E-state index is 0.00582. The Morgan fingerprint density at radius 3 is 2.89 bits per heavy atom. The Balaban J connectivity index is 2.21. The molecule has 1 aromatic rings. The fourth-order valence-electron chi connectivity index (χ4n) is 2.05. The highest BCUT2D eigenvalue weighted by Crippen LogP contribution is 2.26. The largest absolute Gasteiger partial charge is 0.331 e. The van der Waals surface area contributed by atoms with Gasteiger partial charge in [0.2, 0.25) is 0 Å². The summed E-state index contributed by atoms with van der Waals surface area (Å²) in [4.78, 5) is 24.3. The third-order valence-electron chi connectivity index (χ3n) is 3.06. The van der Waals surface area contributed by atoms with E-state index in [1.165, 1.54) is 6.07 Å². The second-order valence-corrected chi connectivity index (χ2v) is 5.77. The molecule has 1 saturated heterocycles. The fourth-order valence-corrected chi connectivity index (χ4v) is 2.75. The molecule has 0 spiro atoms. The van der Waals surface area contributed by atoms with Gasteiger partial charge in [-0.15, -0.1) is 0 Å². The van der Waals surface area contributed by atoms with Crippen molar-refractivity contribution in [3.8, 4) is 0 Å². The van der Waals surface area contributed by atoms with Gasteiger partial charge in [0.15, 0.2) is 0 Å².